The molecule has 0 bridgehead atoms. The summed E-state index contributed by atoms with van der Waals surface area (Å²) in [7, 11) is 0. The molecule has 9 nitrogen and oxygen atoms in total. The molecule has 0 atom stereocenters. The molecule has 0 radical (unpaired) electrons. The van der Waals surface area contributed by atoms with E-state index in [1.165, 1.54) is 0 Å². The highest BCUT2D eigenvalue weighted by atomic mass is 35.5. The van der Waals surface area contributed by atoms with Gasteiger partial charge in [0.1, 0.15) is 0 Å². The normalized spacial score (nSPS) is 17.8. The smallest absolute Gasteiger partial charge is 0.265 e. The minimum absolute atomic E-state index is 0.0563. The molecule has 1 aliphatic carbocycles. The van der Waals surface area contributed by atoms with Crippen LogP contribution in [-0.4, -0.2) is 34.5 Å². The zero-order valence-electron chi connectivity index (χ0n) is 22.7. The molecule has 2 aromatic rings. The van der Waals surface area contributed by atoms with Gasteiger partial charge < -0.3 is 10.7 Å². The summed E-state index contributed by atoms with van der Waals surface area (Å²) in [4.78, 5) is 40.5. The average Bonchev–Trinajstić information content (AvgIpc) is 2.93. The Morgan fingerprint density at radius 3 is 2.10 bits per heavy atom. The van der Waals surface area contributed by atoms with Crippen LogP contribution in [0.1, 0.15) is 85.6 Å². The van der Waals surface area contributed by atoms with Gasteiger partial charge in [-0.05, 0) is 79.0 Å². The van der Waals surface area contributed by atoms with Crippen LogP contribution in [0.25, 0.3) is 0 Å². The van der Waals surface area contributed by atoms with E-state index in [1.807, 2.05) is 4.90 Å². The van der Waals surface area contributed by atoms with E-state index in [9.17, 15) is 14.4 Å². The highest BCUT2D eigenvalue weighted by molar-refractivity contribution is 6.30. The minimum atomic E-state index is -0.490. The molecule has 4 N–H and O–H groups in total. The van der Waals surface area contributed by atoms with Gasteiger partial charge in [0.15, 0.2) is 5.78 Å². The quantitative estimate of drug-likeness (QED) is 0.0931. The highest BCUT2D eigenvalue weighted by Crippen LogP contribution is 2.39. The first kappa shape index (κ1) is 30.0. The Hall–Kier alpha value is -3.59. The van der Waals surface area contributed by atoms with Crippen LogP contribution in [0.3, 0.4) is 0 Å². The number of Topliss-reactive ketones (excluding diaryl/α,β-unsaturated/α-hetero) is 1. The first-order chi connectivity index (χ1) is 18.5. The third kappa shape index (κ3) is 8.45. The van der Waals surface area contributed by atoms with Crippen molar-refractivity contribution in [2.24, 2.45) is 27.4 Å². The minimum Gasteiger partial charge on any atom is -0.335 e. The second kappa shape index (κ2) is 13.5. The fraction of sp³-hybridized carbons (Fsp3) is 0.448. The second-order valence-corrected chi connectivity index (χ2v) is 11.5. The average molecular weight is 553 g/mol. The number of nitrogens with zero attached hydrogens (tertiary/aromatic N) is 3. The van der Waals surface area contributed by atoms with Gasteiger partial charge in [-0.15, -0.1) is 10.2 Å². The Labute approximate surface area is 234 Å². The van der Waals surface area contributed by atoms with Crippen LogP contribution in [0.4, 0.5) is 0 Å². The summed E-state index contributed by atoms with van der Waals surface area (Å²) < 4.78 is 0. The summed E-state index contributed by atoms with van der Waals surface area (Å²) >= 11 is 5.93. The molecule has 0 spiro atoms. The van der Waals surface area contributed by atoms with Crippen LogP contribution in [0, 0.1) is 16.9 Å². The van der Waals surface area contributed by atoms with E-state index in [2.05, 4.69) is 36.3 Å². The van der Waals surface area contributed by atoms with E-state index >= 15 is 0 Å². The van der Waals surface area contributed by atoms with E-state index in [0.717, 1.165) is 31.2 Å². The largest absolute Gasteiger partial charge is 0.335 e. The Balaban J connectivity index is 1.72. The summed E-state index contributed by atoms with van der Waals surface area (Å²) in [6.45, 7) is 7.18. The van der Waals surface area contributed by atoms with E-state index in [4.69, 9.17) is 23.0 Å². The molecular weight excluding hydrogens is 516 g/mol. The predicted molar refractivity (Wildman–Crippen MR) is 151 cm³/mol. The number of benzene rings is 2. The maximum Gasteiger partial charge on any atom is 0.265 e. The van der Waals surface area contributed by atoms with Gasteiger partial charge in [0.05, 0.1) is 0 Å². The van der Waals surface area contributed by atoms with Gasteiger partial charge in [0.2, 0.25) is 5.91 Å². The van der Waals surface area contributed by atoms with Crippen molar-refractivity contribution in [1.29, 1.82) is 5.53 Å². The van der Waals surface area contributed by atoms with Crippen molar-refractivity contribution in [1.82, 2.24) is 10.2 Å². The number of hydrazone groups is 1. The number of ketones is 1. The summed E-state index contributed by atoms with van der Waals surface area (Å²) in [6, 6.07) is 13.7. The number of guanidine groups is 1. The molecule has 2 amide bonds. The second-order valence-electron chi connectivity index (χ2n) is 11.0. The molecule has 0 unspecified atom stereocenters. The lowest BCUT2D eigenvalue weighted by Crippen LogP contribution is -2.43. The summed E-state index contributed by atoms with van der Waals surface area (Å²) in [6.07, 6.45) is 4.17. The topological polar surface area (TPSA) is 141 Å². The number of rotatable bonds is 8. The van der Waals surface area contributed by atoms with Gasteiger partial charge in [-0.1, -0.05) is 44.5 Å². The zero-order valence-corrected chi connectivity index (χ0v) is 23.5. The van der Waals surface area contributed by atoms with E-state index < -0.39 is 5.91 Å². The van der Waals surface area contributed by atoms with Gasteiger partial charge >= 0.3 is 0 Å². The number of nitrogens with one attached hydrogen (secondary N) is 2. The monoisotopic (exact) mass is 552 g/mol. The molecule has 208 valence electrons. The number of carbonyl (C=O) groups is 3. The van der Waals surface area contributed by atoms with Crippen LogP contribution in [0.5, 0.6) is 0 Å². The van der Waals surface area contributed by atoms with Gasteiger partial charge in [-0.3, -0.25) is 19.7 Å². The summed E-state index contributed by atoms with van der Waals surface area (Å²) in [5, 5.41) is 9.18. The van der Waals surface area contributed by atoms with Crippen molar-refractivity contribution in [3.05, 3.63) is 70.2 Å². The van der Waals surface area contributed by atoms with E-state index in [-0.39, 0.29) is 41.9 Å². The highest BCUT2D eigenvalue weighted by Gasteiger charge is 2.33. The molecule has 2 aromatic carbocycles. The van der Waals surface area contributed by atoms with Crippen LogP contribution in [0.2, 0.25) is 5.02 Å². The van der Waals surface area contributed by atoms with E-state index in [1.54, 1.807) is 48.5 Å². The van der Waals surface area contributed by atoms with Gasteiger partial charge in [-0.2, -0.15) is 0 Å². The Kier molecular flexibility index (Phi) is 10.3. The predicted octanol–water partition coefficient (Wildman–Crippen LogP) is 5.93. The number of amides is 2. The molecule has 0 heterocycles. The third-order valence-electron chi connectivity index (χ3n) is 7.44. The first-order valence-electron chi connectivity index (χ1n) is 13.2. The van der Waals surface area contributed by atoms with Crippen LogP contribution in [-0.2, 0) is 11.3 Å². The van der Waals surface area contributed by atoms with Crippen LogP contribution >= 0.6 is 11.6 Å². The molecule has 0 saturated heterocycles. The fourth-order valence-corrected chi connectivity index (χ4v) is 5.17. The molecule has 0 aliphatic heterocycles. The molecule has 1 saturated carbocycles. The lowest BCUT2D eigenvalue weighted by Gasteiger charge is -2.41. The molecule has 39 heavy (non-hydrogen) atoms. The van der Waals surface area contributed by atoms with Crippen molar-refractivity contribution < 1.29 is 14.4 Å². The number of carbonyl (C=O) groups excluding carboxylic acids is 3. The Bertz CT molecular complexity index is 1200. The zero-order chi connectivity index (χ0) is 28.6. The fourth-order valence-electron chi connectivity index (χ4n) is 5.04. The lowest BCUT2D eigenvalue weighted by atomic mass is 9.71. The number of halogens is 1. The molecular formula is C29H37ClN6O3. The third-order valence-corrected chi connectivity index (χ3v) is 7.69. The number of hydrogen-bond donors (Lipinski definition) is 3. The summed E-state index contributed by atoms with van der Waals surface area (Å²) in [5.74, 6) is 4.77. The maximum atomic E-state index is 13.5. The molecule has 1 aliphatic rings. The molecule has 3 rings (SSSR count). The Morgan fingerprint density at radius 2 is 1.56 bits per heavy atom. The van der Waals surface area contributed by atoms with Crippen molar-refractivity contribution in [2.45, 2.75) is 71.9 Å². The van der Waals surface area contributed by atoms with Gasteiger partial charge in [0, 0.05) is 41.6 Å². The van der Waals surface area contributed by atoms with Crippen molar-refractivity contribution in [2.75, 3.05) is 0 Å². The van der Waals surface area contributed by atoms with Gasteiger partial charge in [0.25, 0.3) is 11.9 Å². The SMILES string of the molecule is CC(C)(C)C1CCC(N(Cc2ccc(C(=O)N/C(N=N)=N/N)cc2)C(=O)CCC(=O)c2ccc(Cl)cc2)CC1. The Morgan fingerprint density at radius 1 is 0.974 bits per heavy atom. The number of hydrogen-bond acceptors (Lipinski definition) is 6. The van der Waals surface area contributed by atoms with Crippen molar-refractivity contribution in [3.8, 4) is 0 Å². The van der Waals surface area contributed by atoms with Crippen molar-refractivity contribution in [3.63, 3.8) is 0 Å². The van der Waals surface area contributed by atoms with E-state index in [0.29, 0.717) is 28.6 Å². The molecule has 0 aromatic heterocycles. The molecule has 1 fully saturated rings. The standard InChI is InChI=1S/C29H37ClN6O3/c1-29(2,3)22-10-14-24(15-11-22)36(26(38)17-16-25(37)20-8-12-23(30)13-9-20)18-19-4-6-21(7-5-19)27(39)33-28(34-31)35-32/h4-9,12-13,22,24,31H,10-11,14-18,32H2,1-3H3,(H,33,35,39). The lowest BCUT2D eigenvalue weighted by molar-refractivity contribution is -0.135. The van der Waals surface area contributed by atoms with Crippen LogP contribution < -0.4 is 11.2 Å². The van der Waals surface area contributed by atoms with Crippen LogP contribution in [0.15, 0.2) is 58.7 Å². The van der Waals surface area contributed by atoms with Gasteiger partial charge in [-0.25, -0.2) is 5.53 Å². The maximum absolute atomic E-state index is 13.5. The first-order valence-corrected chi connectivity index (χ1v) is 13.5. The van der Waals surface area contributed by atoms with Crippen molar-refractivity contribution >= 4 is 35.2 Å². The number of nitrogens with two attached hydrogens (primary N) is 1. The molecule has 10 heteroatoms. The summed E-state index contributed by atoms with van der Waals surface area (Å²) in [5.41, 5.74) is 8.95.